The molecule has 1 rings (SSSR count). The van der Waals surface area contributed by atoms with Gasteiger partial charge in [-0.25, -0.2) is 4.98 Å². The Bertz CT molecular complexity index is 405. The maximum absolute atomic E-state index is 11.8. The Hall–Kier alpha value is -0.960. The van der Waals surface area contributed by atoms with E-state index in [0.29, 0.717) is 10.6 Å². The quantitative estimate of drug-likeness (QED) is 0.830. The summed E-state index contributed by atoms with van der Waals surface area (Å²) in [6.45, 7) is 1.56. The Morgan fingerprint density at radius 2 is 2.24 bits per heavy atom. The van der Waals surface area contributed by atoms with Crippen molar-refractivity contribution in [2.75, 3.05) is 18.0 Å². The molecular formula is C8H10F3N3OS2. The van der Waals surface area contributed by atoms with Crippen LogP contribution in [-0.4, -0.2) is 28.7 Å². The second-order valence-electron chi connectivity index (χ2n) is 3.02. The van der Waals surface area contributed by atoms with Gasteiger partial charge in [0.2, 0.25) is 0 Å². The monoisotopic (exact) mass is 285 g/mol. The fourth-order valence-corrected chi connectivity index (χ4v) is 2.23. The van der Waals surface area contributed by atoms with Gasteiger partial charge in [-0.05, 0) is 18.7 Å². The van der Waals surface area contributed by atoms with Crippen molar-refractivity contribution in [2.24, 2.45) is 0 Å². The summed E-state index contributed by atoms with van der Waals surface area (Å²) in [5, 5.41) is 2.64. The number of anilines is 1. The molecule has 0 fully saturated rings. The lowest BCUT2D eigenvalue weighted by atomic mass is 10.4. The Morgan fingerprint density at radius 3 is 2.71 bits per heavy atom. The maximum atomic E-state index is 11.8. The number of aromatic nitrogens is 1. The van der Waals surface area contributed by atoms with Crippen LogP contribution in [0.15, 0.2) is 0 Å². The highest BCUT2D eigenvalue weighted by atomic mass is 32.2. The molecule has 0 atom stereocenters. The summed E-state index contributed by atoms with van der Waals surface area (Å²) >= 11 is 0.840. The van der Waals surface area contributed by atoms with Gasteiger partial charge in [-0.2, -0.15) is 13.2 Å². The minimum Gasteiger partial charge on any atom is -0.375 e. The van der Waals surface area contributed by atoms with E-state index in [1.54, 1.807) is 6.92 Å². The summed E-state index contributed by atoms with van der Waals surface area (Å²) in [5.41, 5.74) is 1.62. The van der Waals surface area contributed by atoms with Gasteiger partial charge in [0, 0.05) is 12.3 Å². The average molecular weight is 285 g/mol. The number of carbonyl (C=O) groups is 1. The van der Waals surface area contributed by atoms with Crippen LogP contribution in [0, 0.1) is 6.92 Å². The number of rotatable bonds is 4. The molecule has 0 aliphatic heterocycles. The topological polar surface area (TPSA) is 68.0 Å². The smallest absolute Gasteiger partial charge is 0.375 e. The van der Waals surface area contributed by atoms with E-state index in [2.05, 4.69) is 10.3 Å². The third-order valence-corrected chi connectivity index (χ3v) is 3.39. The summed E-state index contributed by atoms with van der Waals surface area (Å²) < 4.78 is 35.4. The number of amides is 1. The molecule has 1 aromatic heterocycles. The number of alkyl halides is 3. The van der Waals surface area contributed by atoms with Crippen LogP contribution in [-0.2, 0) is 0 Å². The number of nitrogens with one attached hydrogen (secondary N) is 1. The average Bonchev–Trinajstić information content (AvgIpc) is 2.51. The first-order valence-corrected chi connectivity index (χ1v) is 6.31. The van der Waals surface area contributed by atoms with Crippen molar-refractivity contribution in [2.45, 2.75) is 12.4 Å². The van der Waals surface area contributed by atoms with Gasteiger partial charge in [0.25, 0.3) is 5.91 Å². The largest absolute Gasteiger partial charge is 0.441 e. The van der Waals surface area contributed by atoms with Crippen molar-refractivity contribution in [1.29, 1.82) is 0 Å². The van der Waals surface area contributed by atoms with Crippen molar-refractivity contribution >= 4 is 34.1 Å². The van der Waals surface area contributed by atoms with Crippen LogP contribution >= 0.6 is 23.1 Å². The standard InChI is InChI=1S/C8H10F3N3OS2/c1-4-5(17-7(12)14-4)6(15)13-2-3-16-8(9,10)11/h2-3H2,1H3,(H2,12,14)(H,13,15). The molecule has 3 N–H and O–H groups in total. The van der Waals surface area contributed by atoms with E-state index in [9.17, 15) is 18.0 Å². The SMILES string of the molecule is Cc1nc(N)sc1C(=O)NCCSC(F)(F)F. The molecule has 1 aromatic rings. The lowest BCUT2D eigenvalue weighted by molar-refractivity contribution is -0.0327. The minimum absolute atomic E-state index is 0.0553. The highest BCUT2D eigenvalue weighted by Crippen LogP contribution is 2.29. The molecule has 0 unspecified atom stereocenters. The molecule has 1 amide bonds. The van der Waals surface area contributed by atoms with E-state index in [1.807, 2.05) is 0 Å². The zero-order valence-corrected chi connectivity index (χ0v) is 10.4. The highest BCUT2D eigenvalue weighted by molar-refractivity contribution is 8.00. The van der Waals surface area contributed by atoms with Crippen LogP contribution < -0.4 is 11.1 Å². The Kier molecular flexibility index (Phi) is 4.63. The molecular weight excluding hydrogens is 275 g/mol. The molecule has 96 valence electrons. The van der Waals surface area contributed by atoms with Crippen LogP contribution in [0.1, 0.15) is 15.4 Å². The summed E-state index contributed by atoms with van der Waals surface area (Å²) in [6, 6.07) is 0. The molecule has 4 nitrogen and oxygen atoms in total. The van der Waals surface area contributed by atoms with Crippen LogP contribution in [0.4, 0.5) is 18.3 Å². The molecule has 0 bridgehead atoms. The second kappa shape index (κ2) is 5.58. The number of nitrogens with two attached hydrogens (primary N) is 1. The van der Waals surface area contributed by atoms with Gasteiger partial charge in [-0.3, -0.25) is 4.79 Å². The Labute approximate surface area is 104 Å². The summed E-state index contributed by atoms with van der Waals surface area (Å²) in [6.07, 6.45) is 0. The first-order chi connectivity index (χ1) is 7.79. The predicted octanol–water partition coefficient (Wildman–Crippen LogP) is 2.02. The molecule has 1 heterocycles. The highest BCUT2D eigenvalue weighted by Gasteiger charge is 2.27. The lowest BCUT2D eigenvalue weighted by Crippen LogP contribution is -2.26. The predicted molar refractivity (Wildman–Crippen MR) is 62.1 cm³/mol. The molecule has 0 saturated heterocycles. The van der Waals surface area contributed by atoms with Crippen molar-refractivity contribution in [1.82, 2.24) is 10.3 Å². The van der Waals surface area contributed by atoms with Crippen molar-refractivity contribution in [3.05, 3.63) is 10.6 Å². The molecule has 0 aliphatic rings. The zero-order valence-electron chi connectivity index (χ0n) is 8.80. The fraction of sp³-hybridized carbons (Fsp3) is 0.500. The van der Waals surface area contributed by atoms with E-state index in [1.165, 1.54) is 0 Å². The second-order valence-corrected chi connectivity index (χ2v) is 5.21. The minimum atomic E-state index is -4.27. The number of carbonyl (C=O) groups excluding carboxylic acids is 1. The number of aryl methyl sites for hydroxylation is 1. The molecule has 0 spiro atoms. The number of hydrogen-bond acceptors (Lipinski definition) is 5. The first-order valence-electron chi connectivity index (χ1n) is 4.51. The van der Waals surface area contributed by atoms with E-state index in [-0.39, 0.29) is 29.2 Å². The van der Waals surface area contributed by atoms with Crippen LogP contribution in [0.2, 0.25) is 0 Å². The van der Waals surface area contributed by atoms with Crippen LogP contribution in [0.25, 0.3) is 0 Å². The van der Waals surface area contributed by atoms with Gasteiger partial charge in [-0.15, -0.1) is 0 Å². The summed E-state index contributed by atoms with van der Waals surface area (Å²) in [5.74, 6) is -0.665. The van der Waals surface area contributed by atoms with Gasteiger partial charge in [0.15, 0.2) is 5.13 Å². The van der Waals surface area contributed by atoms with Crippen molar-refractivity contribution in [3.63, 3.8) is 0 Å². The zero-order chi connectivity index (χ0) is 13.1. The normalized spacial score (nSPS) is 11.5. The van der Waals surface area contributed by atoms with Crippen LogP contribution in [0.3, 0.4) is 0 Å². The number of halogens is 3. The Morgan fingerprint density at radius 1 is 1.59 bits per heavy atom. The van der Waals surface area contributed by atoms with E-state index < -0.39 is 11.4 Å². The number of hydrogen-bond donors (Lipinski definition) is 2. The molecule has 0 saturated carbocycles. The van der Waals surface area contributed by atoms with Gasteiger partial charge in [0.1, 0.15) is 4.88 Å². The van der Waals surface area contributed by atoms with E-state index >= 15 is 0 Å². The third-order valence-electron chi connectivity index (χ3n) is 1.67. The van der Waals surface area contributed by atoms with E-state index in [0.717, 1.165) is 11.3 Å². The number of nitrogen functional groups attached to an aromatic ring is 1. The van der Waals surface area contributed by atoms with Crippen molar-refractivity contribution in [3.8, 4) is 0 Å². The molecule has 17 heavy (non-hydrogen) atoms. The molecule has 9 heteroatoms. The van der Waals surface area contributed by atoms with Gasteiger partial charge in [0.05, 0.1) is 5.69 Å². The van der Waals surface area contributed by atoms with Gasteiger partial charge in [-0.1, -0.05) is 11.3 Å². The van der Waals surface area contributed by atoms with Crippen LogP contribution in [0.5, 0.6) is 0 Å². The summed E-state index contributed by atoms with van der Waals surface area (Å²) in [7, 11) is 0. The summed E-state index contributed by atoms with van der Waals surface area (Å²) in [4.78, 5) is 15.7. The first kappa shape index (κ1) is 14.1. The number of thioether (sulfide) groups is 1. The molecule has 0 aromatic carbocycles. The van der Waals surface area contributed by atoms with Gasteiger partial charge >= 0.3 is 5.51 Å². The molecule has 0 aliphatic carbocycles. The molecule has 0 radical (unpaired) electrons. The third kappa shape index (κ3) is 4.82. The maximum Gasteiger partial charge on any atom is 0.441 e. The fourth-order valence-electron chi connectivity index (χ4n) is 1.04. The Balaban J connectivity index is 2.38. The number of thiazole rings is 1. The van der Waals surface area contributed by atoms with Gasteiger partial charge < -0.3 is 11.1 Å². The lowest BCUT2D eigenvalue weighted by Gasteiger charge is -2.06. The van der Waals surface area contributed by atoms with E-state index in [4.69, 9.17) is 5.73 Å². The number of nitrogens with zero attached hydrogens (tertiary/aromatic N) is 1. The van der Waals surface area contributed by atoms with Crippen molar-refractivity contribution < 1.29 is 18.0 Å².